The van der Waals surface area contributed by atoms with Gasteiger partial charge in [-0.05, 0) is 29.5 Å². The Labute approximate surface area is 168 Å². The zero-order chi connectivity index (χ0) is 20.8. The number of pyridine rings is 1. The number of nitrogens with one attached hydrogen (secondary N) is 2. The van der Waals surface area contributed by atoms with Gasteiger partial charge in [0.05, 0.1) is 5.56 Å². The maximum Gasteiger partial charge on any atom is 0.339 e. The predicted molar refractivity (Wildman–Crippen MR) is 112 cm³/mol. The molecule has 6 heteroatoms. The van der Waals surface area contributed by atoms with Crippen molar-refractivity contribution in [2.75, 3.05) is 13.2 Å². The lowest BCUT2D eigenvalue weighted by Gasteiger charge is -2.09. The molecule has 0 aliphatic carbocycles. The van der Waals surface area contributed by atoms with Crippen LogP contribution in [0.25, 0.3) is 10.9 Å². The Morgan fingerprint density at radius 3 is 2.52 bits per heavy atom. The molecule has 1 aromatic heterocycles. The zero-order valence-corrected chi connectivity index (χ0v) is 16.5. The first-order valence-corrected chi connectivity index (χ1v) is 9.59. The van der Waals surface area contributed by atoms with Crippen LogP contribution < -0.4 is 10.9 Å². The second-order valence-corrected chi connectivity index (χ2v) is 7.17. The monoisotopic (exact) mass is 392 g/mol. The smallest absolute Gasteiger partial charge is 0.339 e. The van der Waals surface area contributed by atoms with Gasteiger partial charge in [0.25, 0.3) is 5.91 Å². The van der Waals surface area contributed by atoms with E-state index >= 15 is 0 Å². The van der Waals surface area contributed by atoms with Gasteiger partial charge in [0, 0.05) is 23.5 Å². The molecular weight excluding hydrogens is 368 g/mol. The third-order valence-electron chi connectivity index (χ3n) is 4.69. The number of carbonyl (C=O) groups is 2. The van der Waals surface area contributed by atoms with Gasteiger partial charge in [-0.25, -0.2) is 4.79 Å². The standard InChI is InChI=1S/C23H24N2O4/c1-15(2)17-9-7-16(8-10-17)11-12-24-22(27)14-29-23(28)19-13-21(26)25-20-6-4-3-5-18(19)20/h3-10,13,15H,11-12,14H2,1-2H3,(H,24,27)(H,25,26). The number of ether oxygens (including phenoxy) is 1. The fraction of sp³-hybridized carbons (Fsp3) is 0.261. The van der Waals surface area contributed by atoms with E-state index in [-0.39, 0.29) is 11.5 Å². The molecule has 0 bridgehead atoms. The average molecular weight is 392 g/mol. The molecular formula is C23H24N2O4. The SMILES string of the molecule is CC(C)c1ccc(CCNC(=O)COC(=O)c2cc(=O)[nH]c3ccccc23)cc1. The number of H-pyrrole nitrogens is 1. The molecule has 6 nitrogen and oxygen atoms in total. The Morgan fingerprint density at radius 1 is 1.07 bits per heavy atom. The van der Waals surface area contributed by atoms with Crippen molar-refractivity contribution in [2.24, 2.45) is 0 Å². The quantitative estimate of drug-likeness (QED) is 0.605. The minimum absolute atomic E-state index is 0.141. The van der Waals surface area contributed by atoms with Gasteiger partial charge in [0.1, 0.15) is 0 Å². The normalized spacial score (nSPS) is 10.9. The number of hydrogen-bond acceptors (Lipinski definition) is 4. The summed E-state index contributed by atoms with van der Waals surface area (Å²) < 4.78 is 5.09. The predicted octanol–water partition coefficient (Wildman–Crippen LogP) is 3.17. The van der Waals surface area contributed by atoms with Gasteiger partial charge in [-0.2, -0.15) is 0 Å². The van der Waals surface area contributed by atoms with Crippen molar-refractivity contribution in [3.8, 4) is 0 Å². The molecule has 2 aromatic carbocycles. The van der Waals surface area contributed by atoms with E-state index in [1.165, 1.54) is 11.6 Å². The summed E-state index contributed by atoms with van der Waals surface area (Å²) >= 11 is 0. The van der Waals surface area contributed by atoms with Gasteiger partial charge >= 0.3 is 5.97 Å². The number of amides is 1. The molecule has 0 spiro atoms. The van der Waals surface area contributed by atoms with Crippen LogP contribution in [0.15, 0.2) is 59.4 Å². The van der Waals surface area contributed by atoms with E-state index in [1.54, 1.807) is 24.3 Å². The Balaban J connectivity index is 1.51. The zero-order valence-electron chi connectivity index (χ0n) is 16.5. The van der Waals surface area contributed by atoms with Crippen molar-refractivity contribution < 1.29 is 14.3 Å². The maximum absolute atomic E-state index is 12.3. The number of aromatic nitrogens is 1. The highest BCUT2D eigenvalue weighted by Crippen LogP contribution is 2.16. The van der Waals surface area contributed by atoms with Crippen molar-refractivity contribution in [3.63, 3.8) is 0 Å². The molecule has 0 unspecified atom stereocenters. The Kier molecular flexibility index (Phi) is 6.44. The summed E-state index contributed by atoms with van der Waals surface area (Å²) in [4.78, 5) is 38.7. The minimum Gasteiger partial charge on any atom is -0.452 e. The van der Waals surface area contributed by atoms with Crippen molar-refractivity contribution in [2.45, 2.75) is 26.2 Å². The third kappa shape index (κ3) is 5.31. The molecule has 0 radical (unpaired) electrons. The Morgan fingerprint density at radius 2 is 1.79 bits per heavy atom. The molecule has 3 aromatic rings. The number of carbonyl (C=O) groups excluding carboxylic acids is 2. The number of rotatable bonds is 7. The minimum atomic E-state index is -0.702. The first kappa shape index (κ1) is 20.3. The van der Waals surface area contributed by atoms with Crippen LogP contribution in [0, 0.1) is 0 Å². The summed E-state index contributed by atoms with van der Waals surface area (Å²) in [6, 6.07) is 16.4. The highest BCUT2D eigenvalue weighted by Gasteiger charge is 2.14. The number of hydrogen-bond donors (Lipinski definition) is 2. The number of para-hydroxylation sites is 1. The Bertz CT molecular complexity index is 1070. The molecule has 0 aliphatic heterocycles. The number of esters is 1. The van der Waals surface area contributed by atoms with Crippen LogP contribution in [-0.2, 0) is 16.0 Å². The van der Waals surface area contributed by atoms with Crippen LogP contribution in [0.1, 0.15) is 41.3 Å². The number of benzene rings is 2. The summed E-state index contributed by atoms with van der Waals surface area (Å²) in [5.41, 5.74) is 2.68. The van der Waals surface area contributed by atoms with Gasteiger partial charge in [-0.1, -0.05) is 56.3 Å². The molecule has 0 saturated carbocycles. The molecule has 1 heterocycles. The maximum atomic E-state index is 12.3. The highest BCUT2D eigenvalue weighted by atomic mass is 16.5. The van der Waals surface area contributed by atoms with Crippen LogP contribution in [0.2, 0.25) is 0 Å². The summed E-state index contributed by atoms with van der Waals surface area (Å²) in [6.45, 7) is 4.34. The van der Waals surface area contributed by atoms with Crippen molar-refractivity contribution in [1.82, 2.24) is 10.3 Å². The van der Waals surface area contributed by atoms with E-state index in [9.17, 15) is 14.4 Å². The lowest BCUT2D eigenvalue weighted by Crippen LogP contribution is -2.30. The van der Waals surface area contributed by atoms with Gasteiger partial charge in [0.15, 0.2) is 6.61 Å². The summed E-state index contributed by atoms with van der Waals surface area (Å²) in [5.74, 6) is -0.603. The highest BCUT2D eigenvalue weighted by molar-refractivity contribution is 6.03. The molecule has 29 heavy (non-hydrogen) atoms. The van der Waals surface area contributed by atoms with Gasteiger partial charge in [-0.3, -0.25) is 9.59 Å². The van der Waals surface area contributed by atoms with Gasteiger partial charge < -0.3 is 15.0 Å². The summed E-state index contributed by atoms with van der Waals surface area (Å²) in [5, 5.41) is 3.31. The second kappa shape index (κ2) is 9.19. The van der Waals surface area contributed by atoms with E-state index in [0.717, 1.165) is 5.56 Å². The largest absolute Gasteiger partial charge is 0.452 e. The summed E-state index contributed by atoms with van der Waals surface area (Å²) in [7, 11) is 0. The van der Waals surface area contributed by atoms with Gasteiger partial charge in [-0.15, -0.1) is 0 Å². The third-order valence-corrected chi connectivity index (χ3v) is 4.69. The van der Waals surface area contributed by atoms with Crippen LogP contribution in [0.5, 0.6) is 0 Å². The topological polar surface area (TPSA) is 88.3 Å². The number of fused-ring (bicyclic) bond motifs is 1. The lowest BCUT2D eigenvalue weighted by atomic mass is 10.0. The lowest BCUT2D eigenvalue weighted by molar-refractivity contribution is -0.124. The average Bonchev–Trinajstić information content (AvgIpc) is 2.71. The first-order chi connectivity index (χ1) is 13.9. The van der Waals surface area contributed by atoms with Crippen LogP contribution in [0.3, 0.4) is 0 Å². The van der Waals surface area contributed by atoms with E-state index in [0.29, 0.717) is 29.8 Å². The van der Waals surface area contributed by atoms with E-state index in [4.69, 9.17) is 4.74 Å². The van der Waals surface area contributed by atoms with Crippen LogP contribution >= 0.6 is 0 Å². The van der Waals surface area contributed by atoms with E-state index in [1.807, 2.05) is 0 Å². The van der Waals surface area contributed by atoms with Crippen LogP contribution in [0.4, 0.5) is 0 Å². The molecule has 0 fully saturated rings. The van der Waals surface area contributed by atoms with Crippen molar-refractivity contribution in [3.05, 3.63) is 81.6 Å². The first-order valence-electron chi connectivity index (χ1n) is 9.59. The van der Waals surface area contributed by atoms with E-state index in [2.05, 4.69) is 48.4 Å². The van der Waals surface area contributed by atoms with Gasteiger partial charge in [0.2, 0.25) is 5.56 Å². The molecule has 1 amide bonds. The Hall–Kier alpha value is -3.41. The molecule has 3 rings (SSSR count). The molecule has 0 saturated heterocycles. The fourth-order valence-electron chi connectivity index (χ4n) is 3.05. The molecule has 150 valence electrons. The molecule has 0 aliphatic rings. The molecule has 0 atom stereocenters. The fourth-order valence-corrected chi connectivity index (χ4v) is 3.05. The summed E-state index contributed by atoms with van der Waals surface area (Å²) in [6.07, 6.45) is 0.691. The van der Waals surface area contributed by atoms with E-state index < -0.39 is 18.1 Å². The number of aromatic amines is 1. The van der Waals surface area contributed by atoms with Crippen molar-refractivity contribution >= 4 is 22.8 Å². The van der Waals surface area contributed by atoms with Crippen LogP contribution in [-0.4, -0.2) is 30.0 Å². The second-order valence-electron chi connectivity index (χ2n) is 7.17. The van der Waals surface area contributed by atoms with Crippen molar-refractivity contribution in [1.29, 1.82) is 0 Å². The molecule has 2 N–H and O–H groups in total.